The van der Waals surface area contributed by atoms with Crippen LogP contribution in [0, 0.1) is 11.7 Å². The zero-order valence-electron chi connectivity index (χ0n) is 14.1. The molecule has 1 aliphatic rings. The lowest BCUT2D eigenvalue weighted by atomic mass is 10.0. The zero-order chi connectivity index (χ0) is 17.9. The summed E-state index contributed by atoms with van der Waals surface area (Å²) in [6.07, 6.45) is 2.00. The van der Waals surface area contributed by atoms with E-state index in [9.17, 15) is 9.18 Å². The van der Waals surface area contributed by atoms with Crippen LogP contribution in [-0.4, -0.2) is 27.3 Å². The molecule has 0 amide bonds. The summed E-state index contributed by atoms with van der Waals surface area (Å²) < 4.78 is 20.0. The Bertz CT molecular complexity index is 907. The molecule has 4 rings (SSSR count). The summed E-state index contributed by atoms with van der Waals surface area (Å²) in [5.74, 6) is 0.830. The molecular weight excluding hydrogens is 333 g/mol. The first kappa shape index (κ1) is 16.4. The van der Waals surface area contributed by atoms with Gasteiger partial charge < -0.3 is 4.74 Å². The predicted octanol–water partition coefficient (Wildman–Crippen LogP) is 3.57. The molecule has 2 aromatic carbocycles. The third-order valence-electron chi connectivity index (χ3n) is 4.54. The van der Waals surface area contributed by atoms with Crippen molar-refractivity contribution in [1.82, 2.24) is 14.8 Å². The number of carbonyl (C=O) groups excluding carboxylic acids is 1. The van der Waals surface area contributed by atoms with Crippen molar-refractivity contribution < 1.29 is 13.9 Å². The SMILES string of the molecule is O=C1OCC[C@@H]1CCc1nc(-c2ccccc2)nn1-c1ccc(F)cc1. The lowest BCUT2D eigenvalue weighted by Crippen LogP contribution is -2.11. The van der Waals surface area contributed by atoms with Gasteiger partial charge in [0.2, 0.25) is 0 Å². The number of carbonyl (C=O) groups is 1. The van der Waals surface area contributed by atoms with Crippen LogP contribution in [0.2, 0.25) is 0 Å². The average molecular weight is 351 g/mol. The number of nitrogens with zero attached hydrogens (tertiary/aromatic N) is 3. The summed E-state index contributed by atoms with van der Waals surface area (Å²) in [5, 5.41) is 4.61. The fourth-order valence-electron chi connectivity index (χ4n) is 3.11. The minimum Gasteiger partial charge on any atom is -0.465 e. The van der Waals surface area contributed by atoms with Crippen LogP contribution >= 0.6 is 0 Å². The van der Waals surface area contributed by atoms with Crippen molar-refractivity contribution in [2.45, 2.75) is 19.3 Å². The van der Waals surface area contributed by atoms with Gasteiger partial charge in [-0.1, -0.05) is 30.3 Å². The van der Waals surface area contributed by atoms with Gasteiger partial charge in [-0.15, -0.1) is 5.10 Å². The Kier molecular flexibility index (Phi) is 4.48. The molecule has 26 heavy (non-hydrogen) atoms. The van der Waals surface area contributed by atoms with Crippen molar-refractivity contribution in [2.75, 3.05) is 6.61 Å². The highest BCUT2D eigenvalue weighted by Crippen LogP contribution is 2.23. The van der Waals surface area contributed by atoms with Crippen LogP contribution in [-0.2, 0) is 16.0 Å². The molecule has 0 aliphatic carbocycles. The molecule has 0 unspecified atom stereocenters. The maximum absolute atomic E-state index is 13.3. The van der Waals surface area contributed by atoms with Crippen molar-refractivity contribution in [3.05, 3.63) is 66.2 Å². The van der Waals surface area contributed by atoms with Gasteiger partial charge in [-0.05, 0) is 37.1 Å². The van der Waals surface area contributed by atoms with Crippen LogP contribution in [0.3, 0.4) is 0 Å². The minimum atomic E-state index is -0.299. The summed E-state index contributed by atoms with van der Waals surface area (Å²) in [6.45, 7) is 0.490. The first-order chi connectivity index (χ1) is 12.7. The van der Waals surface area contributed by atoms with Crippen LogP contribution < -0.4 is 0 Å². The van der Waals surface area contributed by atoms with E-state index in [1.54, 1.807) is 16.8 Å². The molecule has 5 nitrogen and oxygen atoms in total. The predicted molar refractivity (Wildman–Crippen MR) is 94.1 cm³/mol. The maximum atomic E-state index is 13.3. The van der Waals surface area contributed by atoms with Gasteiger partial charge in [0, 0.05) is 12.0 Å². The number of benzene rings is 2. The summed E-state index contributed by atoms with van der Waals surface area (Å²) in [6, 6.07) is 15.8. The number of aryl methyl sites for hydroxylation is 1. The molecule has 1 aromatic heterocycles. The highest BCUT2D eigenvalue weighted by atomic mass is 19.1. The second-order valence-electron chi connectivity index (χ2n) is 6.30. The molecule has 0 radical (unpaired) electrons. The third kappa shape index (κ3) is 3.35. The molecule has 2 heterocycles. The van der Waals surface area contributed by atoms with E-state index < -0.39 is 0 Å². The van der Waals surface area contributed by atoms with Crippen LogP contribution in [0.1, 0.15) is 18.7 Å². The quantitative estimate of drug-likeness (QED) is 0.660. The van der Waals surface area contributed by atoms with Gasteiger partial charge in [-0.2, -0.15) is 0 Å². The summed E-state index contributed by atoms with van der Waals surface area (Å²) >= 11 is 0. The number of cyclic esters (lactones) is 1. The molecule has 1 saturated heterocycles. The van der Waals surface area contributed by atoms with E-state index in [1.807, 2.05) is 30.3 Å². The van der Waals surface area contributed by atoms with Crippen LogP contribution in [0.25, 0.3) is 17.1 Å². The minimum absolute atomic E-state index is 0.0893. The molecule has 1 atom stereocenters. The molecule has 6 heteroatoms. The van der Waals surface area contributed by atoms with E-state index in [0.717, 1.165) is 23.5 Å². The van der Waals surface area contributed by atoms with Crippen LogP contribution in [0.5, 0.6) is 0 Å². The van der Waals surface area contributed by atoms with E-state index in [0.29, 0.717) is 25.3 Å². The molecule has 0 bridgehead atoms. The standard InChI is InChI=1S/C20H18FN3O2/c21-16-7-9-17(10-8-16)24-18(11-6-15-12-13-26-20(15)25)22-19(23-24)14-4-2-1-3-5-14/h1-5,7-10,15H,6,11-13H2/t15-/m0/s1. The number of esters is 1. The van der Waals surface area contributed by atoms with Gasteiger partial charge in [-0.3, -0.25) is 4.79 Å². The Hall–Kier alpha value is -3.02. The highest BCUT2D eigenvalue weighted by molar-refractivity contribution is 5.74. The number of hydrogen-bond donors (Lipinski definition) is 0. The monoisotopic (exact) mass is 351 g/mol. The Morgan fingerprint density at radius 2 is 1.88 bits per heavy atom. The van der Waals surface area contributed by atoms with Gasteiger partial charge in [0.1, 0.15) is 11.6 Å². The van der Waals surface area contributed by atoms with Gasteiger partial charge >= 0.3 is 5.97 Å². The van der Waals surface area contributed by atoms with Crippen molar-refractivity contribution in [2.24, 2.45) is 5.92 Å². The van der Waals surface area contributed by atoms with E-state index in [1.165, 1.54) is 12.1 Å². The number of halogens is 1. The first-order valence-corrected chi connectivity index (χ1v) is 8.64. The zero-order valence-corrected chi connectivity index (χ0v) is 14.1. The van der Waals surface area contributed by atoms with E-state index in [-0.39, 0.29) is 17.7 Å². The molecule has 0 N–H and O–H groups in total. The summed E-state index contributed by atoms with van der Waals surface area (Å²) in [4.78, 5) is 16.4. The lowest BCUT2D eigenvalue weighted by molar-refractivity contribution is -0.141. The van der Waals surface area contributed by atoms with Gasteiger partial charge in [0.25, 0.3) is 0 Å². The smallest absolute Gasteiger partial charge is 0.309 e. The number of ether oxygens (including phenoxy) is 1. The van der Waals surface area contributed by atoms with Crippen LogP contribution in [0.4, 0.5) is 4.39 Å². The first-order valence-electron chi connectivity index (χ1n) is 8.64. The molecule has 0 saturated carbocycles. The maximum Gasteiger partial charge on any atom is 0.309 e. The van der Waals surface area contributed by atoms with Crippen molar-refractivity contribution in [3.8, 4) is 17.1 Å². The number of hydrogen-bond acceptors (Lipinski definition) is 4. The average Bonchev–Trinajstić information content (AvgIpc) is 3.27. The Morgan fingerprint density at radius 3 is 2.58 bits per heavy atom. The molecule has 3 aromatic rings. The molecular formula is C20H18FN3O2. The fourth-order valence-corrected chi connectivity index (χ4v) is 3.11. The van der Waals surface area contributed by atoms with E-state index in [4.69, 9.17) is 4.74 Å². The van der Waals surface area contributed by atoms with Crippen molar-refractivity contribution >= 4 is 5.97 Å². The van der Waals surface area contributed by atoms with Gasteiger partial charge in [0.15, 0.2) is 5.82 Å². The molecule has 132 valence electrons. The van der Waals surface area contributed by atoms with Crippen molar-refractivity contribution in [3.63, 3.8) is 0 Å². The summed E-state index contributed by atoms with van der Waals surface area (Å²) in [5.41, 5.74) is 1.65. The third-order valence-corrected chi connectivity index (χ3v) is 4.54. The highest BCUT2D eigenvalue weighted by Gasteiger charge is 2.27. The second-order valence-corrected chi connectivity index (χ2v) is 6.30. The lowest BCUT2D eigenvalue weighted by Gasteiger charge is -2.07. The molecule has 1 fully saturated rings. The van der Waals surface area contributed by atoms with Crippen LogP contribution in [0.15, 0.2) is 54.6 Å². The summed E-state index contributed by atoms with van der Waals surface area (Å²) in [7, 11) is 0. The van der Waals surface area contributed by atoms with E-state index in [2.05, 4.69) is 10.1 Å². The van der Waals surface area contributed by atoms with E-state index >= 15 is 0 Å². The van der Waals surface area contributed by atoms with Gasteiger partial charge in [0.05, 0.1) is 18.2 Å². The fraction of sp³-hybridized carbons (Fsp3) is 0.250. The molecule has 0 spiro atoms. The van der Waals surface area contributed by atoms with Crippen molar-refractivity contribution in [1.29, 1.82) is 0 Å². The normalized spacial score (nSPS) is 16.7. The second kappa shape index (κ2) is 7.07. The Balaban J connectivity index is 1.66. The number of aromatic nitrogens is 3. The number of rotatable bonds is 5. The largest absolute Gasteiger partial charge is 0.465 e. The topological polar surface area (TPSA) is 57.0 Å². The Labute approximate surface area is 150 Å². The Morgan fingerprint density at radius 1 is 1.12 bits per heavy atom. The van der Waals surface area contributed by atoms with Gasteiger partial charge in [-0.25, -0.2) is 14.1 Å². The molecule has 1 aliphatic heterocycles.